The van der Waals surface area contributed by atoms with Gasteiger partial charge in [-0.3, -0.25) is 19.6 Å². The Morgan fingerprint density at radius 2 is 1.81 bits per heavy atom. The first-order chi connectivity index (χ1) is 20.5. The average Bonchev–Trinajstić information content (AvgIpc) is 3.02. The molecule has 224 valence electrons. The zero-order valence-corrected chi connectivity index (χ0v) is 24.4. The number of pyridine rings is 1. The molecule has 42 heavy (non-hydrogen) atoms. The lowest BCUT2D eigenvalue weighted by Crippen LogP contribution is -2.40. The number of benzene rings is 2. The number of morpholine rings is 1. The number of amides is 2. The molecule has 10 nitrogen and oxygen atoms in total. The van der Waals surface area contributed by atoms with Crippen molar-refractivity contribution in [3.8, 4) is 0 Å². The first kappa shape index (κ1) is 31.0. The molecule has 1 aromatic heterocycles. The standard InChI is InChI=1S/C32H41N5O5/c1-3-30(25-10-12-26(13-11-25)31(38)35-29-9-5-4-8-28(29)33)37(18-22-41-21-17-36-15-19-40-20-16-36)32(39)42-24(2)27-7-6-14-34-23-27/h4-14,23-24,30H,3,15-22,33H2,1-2H3,(H,35,38)/t24-,30-/m0/s1. The number of anilines is 2. The van der Waals surface area contributed by atoms with Gasteiger partial charge in [0.1, 0.15) is 6.10 Å². The first-order valence-electron chi connectivity index (χ1n) is 14.5. The summed E-state index contributed by atoms with van der Waals surface area (Å²) in [5.74, 6) is -0.261. The maximum atomic E-state index is 13.6. The number of hydrogen-bond donors (Lipinski definition) is 2. The van der Waals surface area contributed by atoms with Crippen molar-refractivity contribution in [1.82, 2.24) is 14.8 Å². The van der Waals surface area contributed by atoms with Gasteiger partial charge in [0.15, 0.2) is 0 Å². The highest BCUT2D eigenvalue weighted by atomic mass is 16.6. The van der Waals surface area contributed by atoms with E-state index in [1.165, 1.54) is 0 Å². The third kappa shape index (κ3) is 8.75. The highest BCUT2D eigenvalue weighted by molar-refractivity contribution is 6.05. The number of rotatable bonds is 13. The summed E-state index contributed by atoms with van der Waals surface area (Å²) in [6.45, 7) is 9.26. The Kier molecular flexibility index (Phi) is 11.7. The van der Waals surface area contributed by atoms with Crippen molar-refractivity contribution < 1.29 is 23.8 Å². The van der Waals surface area contributed by atoms with Crippen molar-refractivity contribution in [1.29, 1.82) is 0 Å². The van der Waals surface area contributed by atoms with Crippen molar-refractivity contribution in [3.05, 3.63) is 89.7 Å². The maximum absolute atomic E-state index is 13.6. The van der Waals surface area contributed by atoms with Gasteiger partial charge < -0.3 is 25.3 Å². The average molecular weight is 576 g/mol. The van der Waals surface area contributed by atoms with E-state index in [1.807, 2.05) is 50.2 Å². The molecule has 2 amide bonds. The van der Waals surface area contributed by atoms with E-state index in [0.717, 1.165) is 44.0 Å². The van der Waals surface area contributed by atoms with E-state index in [1.54, 1.807) is 41.6 Å². The van der Waals surface area contributed by atoms with Gasteiger partial charge in [0.2, 0.25) is 0 Å². The number of carbonyl (C=O) groups excluding carboxylic acids is 2. The van der Waals surface area contributed by atoms with E-state index >= 15 is 0 Å². The monoisotopic (exact) mass is 575 g/mol. The SMILES string of the molecule is CC[C@@H](c1ccc(C(=O)Nc2ccccc2N)cc1)N(CCOCCN1CCOCC1)C(=O)O[C@@H](C)c1cccnc1. The van der Waals surface area contributed by atoms with Gasteiger partial charge in [-0.2, -0.15) is 0 Å². The molecule has 1 aliphatic heterocycles. The molecule has 10 heteroatoms. The van der Waals surface area contributed by atoms with Crippen molar-refractivity contribution >= 4 is 23.4 Å². The number of para-hydroxylation sites is 2. The molecule has 0 radical (unpaired) electrons. The maximum Gasteiger partial charge on any atom is 0.410 e. The summed E-state index contributed by atoms with van der Waals surface area (Å²) in [6, 6.07) is 17.8. The summed E-state index contributed by atoms with van der Waals surface area (Å²) < 4.78 is 17.2. The molecule has 1 fully saturated rings. The lowest BCUT2D eigenvalue weighted by Gasteiger charge is -2.32. The molecule has 0 bridgehead atoms. The van der Waals surface area contributed by atoms with Crippen LogP contribution in [0, 0.1) is 0 Å². The fraction of sp³-hybridized carbons (Fsp3) is 0.406. The Balaban J connectivity index is 1.43. The van der Waals surface area contributed by atoms with Crippen LogP contribution in [0.5, 0.6) is 0 Å². The number of nitrogens with zero attached hydrogens (tertiary/aromatic N) is 3. The van der Waals surface area contributed by atoms with Gasteiger partial charge in [-0.25, -0.2) is 4.79 Å². The molecule has 0 spiro atoms. The number of nitrogen functional groups attached to an aromatic ring is 1. The Morgan fingerprint density at radius 3 is 2.50 bits per heavy atom. The number of carbonyl (C=O) groups is 2. The minimum atomic E-state index is -0.468. The van der Waals surface area contributed by atoms with Crippen LogP contribution in [0.2, 0.25) is 0 Å². The molecule has 1 saturated heterocycles. The van der Waals surface area contributed by atoms with Gasteiger partial charge in [-0.05, 0) is 49.2 Å². The smallest absolute Gasteiger partial charge is 0.410 e. The quantitative estimate of drug-likeness (QED) is 0.218. The molecule has 0 unspecified atom stereocenters. The van der Waals surface area contributed by atoms with Gasteiger partial charge in [-0.1, -0.05) is 37.3 Å². The van der Waals surface area contributed by atoms with Crippen LogP contribution in [0.3, 0.4) is 0 Å². The van der Waals surface area contributed by atoms with Crippen LogP contribution < -0.4 is 11.1 Å². The zero-order valence-electron chi connectivity index (χ0n) is 24.4. The second-order valence-electron chi connectivity index (χ2n) is 10.2. The number of nitrogens with two attached hydrogens (primary N) is 1. The normalized spacial score (nSPS) is 15.0. The van der Waals surface area contributed by atoms with Gasteiger partial charge in [0, 0.05) is 49.7 Å². The van der Waals surface area contributed by atoms with Crippen LogP contribution >= 0.6 is 0 Å². The first-order valence-corrected chi connectivity index (χ1v) is 14.5. The molecule has 3 aromatic rings. The second-order valence-corrected chi connectivity index (χ2v) is 10.2. The predicted octanol–water partition coefficient (Wildman–Crippen LogP) is 4.92. The number of nitrogens with one attached hydrogen (secondary N) is 1. The summed E-state index contributed by atoms with van der Waals surface area (Å²) in [5.41, 5.74) is 9.23. The number of aromatic nitrogens is 1. The molecule has 2 atom stereocenters. The van der Waals surface area contributed by atoms with E-state index in [4.69, 9.17) is 19.9 Å². The van der Waals surface area contributed by atoms with Gasteiger partial charge in [-0.15, -0.1) is 0 Å². The molecule has 0 aliphatic carbocycles. The molecule has 2 aromatic carbocycles. The number of ether oxygens (including phenoxy) is 3. The Labute approximate surface area is 247 Å². The third-order valence-corrected chi connectivity index (χ3v) is 7.33. The van der Waals surface area contributed by atoms with Crippen LogP contribution in [0.15, 0.2) is 73.1 Å². The van der Waals surface area contributed by atoms with E-state index in [-0.39, 0.29) is 11.9 Å². The van der Waals surface area contributed by atoms with Crippen LogP contribution in [-0.4, -0.2) is 79.4 Å². The van der Waals surface area contributed by atoms with Gasteiger partial charge in [0.25, 0.3) is 5.91 Å². The fourth-order valence-electron chi connectivity index (χ4n) is 4.86. The van der Waals surface area contributed by atoms with E-state index in [9.17, 15) is 9.59 Å². The Morgan fingerprint density at radius 1 is 1.05 bits per heavy atom. The summed E-state index contributed by atoms with van der Waals surface area (Å²) in [6.07, 6.45) is 3.13. The molecule has 4 rings (SSSR count). The lowest BCUT2D eigenvalue weighted by atomic mass is 10.0. The van der Waals surface area contributed by atoms with Crippen LogP contribution in [-0.2, 0) is 14.2 Å². The third-order valence-electron chi connectivity index (χ3n) is 7.33. The van der Waals surface area contributed by atoms with Gasteiger partial charge >= 0.3 is 6.09 Å². The molecule has 0 saturated carbocycles. The summed E-state index contributed by atoms with van der Waals surface area (Å²) in [5, 5.41) is 2.85. The van der Waals surface area contributed by atoms with E-state index < -0.39 is 12.2 Å². The van der Waals surface area contributed by atoms with Crippen LogP contribution in [0.25, 0.3) is 0 Å². The largest absolute Gasteiger partial charge is 0.441 e. The van der Waals surface area contributed by atoms with Crippen molar-refractivity contribution in [2.24, 2.45) is 0 Å². The Bertz CT molecular complexity index is 1270. The fourth-order valence-corrected chi connectivity index (χ4v) is 4.86. The summed E-state index contributed by atoms with van der Waals surface area (Å²) >= 11 is 0. The Hall–Kier alpha value is -3.99. The van der Waals surface area contributed by atoms with E-state index in [0.29, 0.717) is 43.1 Å². The van der Waals surface area contributed by atoms with E-state index in [2.05, 4.69) is 15.2 Å². The van der Waals surface area contributed by atoms with Crippen LogP contribution in [0.4, 0.5) is 16.2 Å². The highest BCUT2D eigenvalue weighted by Gasteiger charge is 2.27. The predicted molar refractivity (Wildman–Crippen MR) is 162 cm³/mol. The topological polar surface area (TPSA) is 119 Å². The second kappa shape index (κ2) is 15.9. The van der Waals surface area contributed by atoms with Crippen molar-refractivity contribution in [2.75, 3.05) is 63.7 Å². The summed E-state index contributed by atoms with van der Waals surface area (Å²) in [4.78, 5) is 34.6. The molecule has 3 N–H and O–H groups in total. The molecular formula is C32H41N5O5. The minimum Gasteiger partial charge on any atom is -0.441 e. The van der Waals surface area contributed by atoms with Crippen molar-refractivity contribution in [2.45, 2.75) is 32.4 Å². The highest BCUT2D eigenvalue weighted by Crippen LogP contribution is 2.28. The van der Waals surface area contributed by atoms with Gasteiger partial charge in [0.05, 0.1) is 43.8 Å². The molecular weight excluding hydrogens is 534 g/mol. The summed E-state index contributed by atoms with van der Waals surface area (Å²) in [7, 11) is 0. The minimum absolute atomic E-state index is 0.261. The zero-order chi connectivity index (χ0) is 29.7. The molecule has 1 aliphatic rings. The lowest BCUT2D eigenvalue weighted by molar-refractivity contribution is 0.0124. The van der Waals surface area contributed by atoms with Crippen LogP contribution in [0.1, 0.15) is 53.9 Å². The number of hydrogen-bond acceptors (Lipinski definition) is 8. The molecule has 2 heterocycles. The van der Waals surface area contributed by atoms with Crippen molar-refractivity contribution in [3.63, 3.8) is 0 Å².